The average molecular weight is 380 g/mol. The van der Waals surface area contributed by atoms with Gasteiger partial charge < -0.3 is 9.26 Å². The summed E-state index contributed by atoms with van der Waals surface area (Å²) in [6.45, 7) is 9.72. The number of nitrogens with one attached hydrogen (secondary N) is 1. The molecule has 1 amide bonds. The fraction of sp³-hybridized carbons (Fsp3) is 0.286. The normalized spacial score (nSPS) is 11.2. The second-order valence-corrected chi connectivity index (χ2v) is 6.79. The summed E-state index contributed by atoms with van der Waals surface area (Å²) in [6, 6.07) is 9.56. The van der Waals surface area contributed by atoms with Crippen LogP contribution in [0.4, 0.5) is 0 Å². The van der Waals surface area contributed by atoms with Gasteiger partial charge in [0.05, 0.1) is 6.21 Å². The van der Waals surface area contributed by atoms with Gasteiger partial charge in [-0.3, -0.25) is 9.36 Å². The third kappa shape index (κ3) is 4.31. The number of amides is 1. The van der Waals surface area contributed by atoms with Crippen molar-refractivity contribution in [3.05, 3.63) is 64.2 Å². The van der Waals surface area contributed by atoms with Gasteiger partial charge in [-0.05, 0) is 63.9 Å². The first kappa shape index (κ1) is 19.4. The van der Waals surface area contributed by atoms with Crippen LogP contribution in [0.5, 0.6) is 5.75 Å². The summed E-state index contributed by atoms with van der Waals surface area (Å²) in [6.07, 6.45) is 1.61. The van der Waals surface area contributed by atoms with Crippen molar-refractivity contribution < 1.29 is 14.1 Å². The van der Waals surface area contributed by atoms with E-state index >= 15 is 0 Å². The van der Waals surface area contributed by atoms with E-state index in [9.17, 15) is 4.79 Å². The second-order valence-electron chi connectivity index (χ2n) is 6.79. The molecule has 0 aliphatic carbocycles. The van der Waals surface area contributed by atoms with Gasteiger partial charge in [0.15, 0.2) is 12.4 Å². The molecule has 1 aromatic carbocycles. The Labute approximate surface area is 164 Å². The summed E-state index contributed by atoms with van der Waals surface area (Å²) in [7, 11) is 0. The zero-order valence-corrected chi connectivity index (χ0v) is 16.7. The van der Waals surface area contributed by atoms with Gasteiger partial charge in [-0.25, -0.2) is 5.43 Å². The zero-order chi connectivity index (χ0) is 20.3. The fourth-order valence-electron chi connectivity index (χ4n) is 2.89. The summed E-state index contributed by atoms with van der Waals surface area (Å²) < 4.78 is 12.6. The predicted molar refractivity (Wildman–Crippen MR) is 107 cm³/mol. The van der Waals surface area contributed by atoms with Crippen molar-refractivity contribution in [2.75, 3.05) is 6.61 Å². The summed E-state index contributed by atoms with van der Waals surface area (Å²) >= 11 is 0. The van der Waals surface area contributed by atoms with Crippen LogP contribution in [-0.4, -0.2) is 28.5 Å². The van der Waals surface area contributed by atoms with E-state index in [2.05, 4.69) is 15.7 Å². The number of hydrogen-bond donors (Lipinski definition) is 1. The number of carbonyl (C=O) groups is 1. The van der Waals surface area contributed by atoms with Crippen molar-refractivity contribution in [2.45, 2.75) is 34.6 Å². The van der Waals surface area contributed by atoms with Gasteiger partial charge in [0.2, 0.25) is 0 Å². The van der Waals surface area contributed by atoms with E-state index < -0.39 is 0 Å². The summed E-state index contributed by atoms with van der Waals surface area (Å²) in [5.74, 6) is 1.80. The molecule has 0 unspecified atom stereocenters. The Bertz CT molecular complexity index is 1030. The topological polar surface area (TPSA) is 81.7 Å². The lowest BCUT2D eigenvalue weighted by Gasteiger charge is -2.07. The third-order valence-corrected chi connectivity index (χ3v) is 4.56. The standard InChI is InChI=1S/C21H24N4O3/c1-13-6-7-19(8-14(13)2)27-12-21(26)23-22-11-18-9-15(3)25(17(18)5)20-10-16(4)28-24-20/h6-11H,12H2,1-5H3,(H,23,26). The predicted octanol–water partition coefficient (Wildman–Crippen LogP) is 3.54. The van der Waals surface area contributed by atoms with E-state index in [4.69, 9.17) is 9.26 Å². The molecule has 0 radical (unpaired) electrons. The molecular weight excluding hydrogens is 356 g/mol. The van der Waals surface area contributed by atoms with Gasteiger partial charge >= 0.3 is 0 Å². The molecule has 0 spiro atoms. The minimum Gasteiger partial charge on any atom is -0.484 e. The van der Waals surface area contributed by atoms with Crippen molar-refractivity contribution in [3.63, 3.8) is 0 Å². The number of benzene rings is 1. The molecule has 0 bridgehead atoms. The third-order valence-electron chi connectivity index (χ3n) is 4.56. The Morgan fingerprint density at radius 2 is 1.96 bits per heavy atom. The smallest absolute Gasteiger partial charge is 0.277 e. The minimum atomic E-state index is -0.324. The maximum Gasteiger partial charge on any atom is 0.277 e. The Morgan fingerprint density at radius 3 is 2.64 bits per heavy atom. The lowest BCUT2D eigenvalue weighted by Crippen LogP contribution is -2.24. The van der Waals surface area contributed by atoms with Crippen LogP contribution in [0.3, 0.4) is 0 Å². The largest absolute Gasteiger partial charge is 0.484 e. The molecule has 146 valence electrons. The molecule has 0 saturated heterocycles. The minimum absolute atomic E-state index is 0.100. The zero-order valence-electron chi connectivity index (χ0n) is 16.7. The number of hydrazone groups is 1. The number of rotatable bonds is 6. The van der Waals surface area contributed by atoms with Crippen LogP contribution in [-0.2, 0) is 4.79 Å². The quantitative estimate of drug-likeness (QED) is 0.524. The molecule has 1 N–H and O–H groups in total. The lowest BCUT2D eigenvalue weighted by molar-refractivity contribution is -0.123. The number of nitrogens with zero attached hydrogens (tertiary/aromatic N) is 3. The van der Waals surface area contributed by atoms with Crippen LogP contribution in [0.25, 0.3) is 5.82 Å². The molecule has 0 aliphatic rings. The molecule has 0 saturated carbocycles. The van der Waals surface area contributed by atoms with E-state index in [1.165, 1.54) is 5.56 Å². The van der Waals surface area contributed by atoms with Crippen molar-refractivity contribution >= 4 is 12.1 Å². The van der Waals surface area contributed by atoms with E-state index in [1.807, 2.05) is 69.5 Å². The number of aryl methyl sites for hydroxylation is 4. The lowest BCUT2D eigenvalue weighted by atomic mass is 10.1. The number of hydrogen-bond acceptors (Lipinski definition) is 5. The van der Waals surface area contributed by atoms with E-state index in [1.54, 1.807) is 6.21 Å². The molecule has 0 fully saturated rings. The molecule has 3 aromatic rings. The summed E-state index contributed by atoms with van der Waals surface area (Å²) in [5.41, 5.74) is 7.62. The highest BCUT2D eigenvalue weighted by molar-refractivity contribution is 5.84. The van der Waals surface area contributed by atoms with Gasteiger partial charge in [0.25, 0.3) is 5.91 Å². The SMILES string of the molecule is Cc1cc(-n2c(C)cc(C=NNC(=O)COc3ccc(C)c(C)c3)c2C)no1. The summed E-state index contributed by atoms with van der Waals surface area (Å²) in [4.78, 5) is 12.0. The van der Waals surface area contributed by atoms with E-state index in [-0.39, 0.29) is 12.5 Å². The Balaban J connectivity index is 1.60. The molecule has 7 heteroatoms. The maximum atomic E-state index is 12.0. The highest BCUT2D eigenvalue weighted by Crippen LogP contribution is 2.19. The van der Waals surface area contributed by atoms with Crippen molar-refractivity contribution in [2.24, 2.45) is 5.10 Å². The van der Waals surface area contributed by atoms with Crippen molar-refractivity contribution in [3.8, 4) is 11.6 Å². The highest BCUT2D eigenvalue weighted by atomic mass is 16.5. The molecule has 2 heterocycles. The Kier molecular flexibility index (Phi) is 5.63. The molecule has 28 heavy (non-hydrogen) atoms. The van der Waals surface area contributed by atoms with Gasteiger partial charge in [-0.2, -0.15) is 5.10 Å². The number of carbonyl (C=O) groups excluding carboxylic acids is 1. The van der Waals surface area contributed by atoms with Gasteiger partial charge in [0.1, 0.15) is 11.5 Å². The van der Waals surface area contributed by atoms with Gasteiger partial charge in [-0.1, -0.05) is 11.2 Å². The average Bonchev–Trinajstić information content (AvgIpc) is 3.19. The van der Waals surface area contributed by atoms with Crippen LogP contribution in [0, 0.1) is 34.6 Å². The Hall–Kier alpha value is -3.35. The monoisotopic (exact) mass is 380 g/mol. The van der Waals surface area contributed by atoms with Crippen LogP contribution in [0.1, 0.15) is 33.8 Å². The summed E-state index contributed by atoms with van der Waals surface area (Å²) in [5, 5.41) is 8.09. The first-order valence-corrected chi connectivity index (χ1v) is 8.99. The van der Waals surface area contributed by atoms with Gasteiger partial charge in [-0.15, -0.1) is 0 Å². The van der Waals surface area contributed by atoms with Crippen LogP contribution < -0.4 is 10.2 Å². The molecule has 3 rings (SSSR count). The molecule has 7 nitrogen and oxygen atoms in total. The van der Waals surface area contributed by atoms with E-state index in [0.717, 1.165) is 34.1 Å². The maximum absolute atomic E-state index is 12.0. The molecular formula is C21H24N4O3. The van der Waals surface area contributed by atoms with Crippen molar-refractivity contribution in [1.29, 1.82) is 0 Å². The number of aromatic nitrogens is 2. The molecule has 0 atom stereocenters. The van der Waals surface area contributed by atoms with Crippen LogP contribution in [0.15, 0.2) is 40.0 Å². The van der Waals surface area contributed by atoms with Crippen LogP contribution >= 0.6 is 0 Å². The highest BCUT2D eigenvalue weighted by Gasteiger charge is 2.12. The second kappa shape index (κ2) is 8.12. The fourth-order valence-corrected chi connectivity index (χ4v) is 2.89. The van der Waals surface area contributed by atoms with Gasteiger partial charge in [0, 0.05) is 23.0 Å². The first-order chi connectivity index (χ1) is 13.3. The number of ether oxygens (including phenoxy) is 1. The first-order valence-electron chi connectivity index (χ1n) is 8.99. The Morgan fingerprint density at radius 1 is 1.18 bits per heavy atom. The van der Waals surface area contributed by atoms with Crippen molar-refractivity contribution in [1.82, 2.24) is 15.1 Å². The van der Waals surface area contributed by atoms with E-state index in [0.29, 0.717) is 5.75 Å². The molecule has 2 aromatic heterocycles. The molecule has 0 aliphatic heterocycles. The van der Waals surface area contributed by atoms with Crippen LogP contribution in [0.2, 0.25) is 0 Å².